The number of carbonyl (C=O) groups excluding carboxylic acids is 2. The topological polar surface area (TPSA) is 166 Å². The third-order valence-corrected chi connectivity index (χ3v) is 11.8. The number of allylic oxidation sites excluding steroid dienone is 2. The van der Waals surface area contributed by atoms with Crippen LogP contribution in [0.2, 0.25) is 0 Å². The van der Waals surface area contributed by atoms with Crippen LogP contribution in [0.25, 0.3) is 0 Å². The van der Waals surface area contributed by atoms with Crippen LogP contribution in [0.15, 0.2) is 16.8 Å². The van der Waals surface area contributed by atoms with Gasteiger partial charge in [-0.15, -0.1) is 0 Å². The van der Waals surface area contributed by atoms with Crippen LogP contribution in [0.4, 0.5) is 0 Å². The number of aliphatic hydroxyl groups excluding tert-OH is 2. The van der Waals surface area contributed by atoms with Gasteiger partial charge in [0, 0.05) is 12.0 Å². The van der Waals surface area contributed by atoms with Gasteiger partial charge >= 0.3 is 5.97 Å². The quantitative estimate of drug-likeness (QED) is 0.276. The molecule has 0 aromatic carbocycles. The van der Waals surface area contributed by atoms with Crippen LogP contribution in [0, 0.1) is 40.4 Å². The van der Waals surface area contributed by atoms with Crippen molar-refractivity contribution in [2.24, 2.45) is 45.6 Å². The SMILES string of the molecule is C[C@]12CC/C(=N/OCC(=O)NCC3CCC(C(=O)O)CC3)C=C1CC[C@H]1[C@@H]2[C@H](O)C[C@@]2(C)[C@@H]1CC[C@]2(O)C(=O)CO. The third-order valence-electron chi connectivity index (χ3n) is 11.8. The van der Waals surface area contributed by atoms with Crippen molar-refractivity contribution >= 4 is 23.4 Å². The fraction of sp³-hybridized carbons (Fsp3) is 0.806. The van der Waals surface area contributed by atoms with Crippen LogP contribution in [-0.2, 0) is 19.2 Å². The number of aliphatic hydroxyl groups is 3. The molecule has 0 aliphatic heterocycles. The Morgan fingerprint density at radius 1 is 1.07 bits per heavy atom. The van der Waals surface area contributed by atoms with Crippen molar-refractivity contribution in [3.05, 3.63) is 11.6 Å². The molecule has 0 unspecified atom stereocenters. The van der Waals surface area contributed by atoms with E-state index in [1.54, 1.807) is 0 Å². The molecule has 10 heteroatoms. The van der Waals surface area contributed by atoms with Crippen LogP contribution in [0.3, 0.4) is 0 Å². The maximum Gasteiger partial charge on any atom is 0.306 e. The molecule has 5 rings (SSSR count). The lowest BCUT2D eigenvalue weighted by molar-refractivity contribution is -0.181. The molecule has 0 saturated heterocycles. The van der Waals surface area contributed by atoms with Crippen molar-refractivity contribution < 1.29 is 39.6 Å². The van der Waals surface area contributed by atoms with E-state index in [2.05, 4.69) is 23.5 Å². The van der Waals surface area contributed by atoms with Gasteiger partial charge in [-0.25, -0.2) is 0 Å². The van der Waals surface area contributed by atoms with Gasteiger partial charge in [0.25, 0.3) is 5.91 Å². The van der Waals surface area contributed by atoms with Gasteiger partial charge < -0.3 is 30.6 Å². The minimum absolute atomic E-state index is 0.0194. The highest BCUT2D eigenvalue weighted by atomic mass is 16.6. The van der Waals surface area contributed by atoms with Gasteiger partial charge in [-0.3, -0.25) is 14.4 Å². The lowest BCUT2D eigenvalue weighted by Crippen LogP contribution is -2.62. The maximum absolute atomic E-state index is 12.6. The average molecular weight is 575 g/mol. The second-order valence-corrected chi connectivity index (χ2v) is 13.8. The number of rotatable bonds is 8. The Bertz CT molecular complexity index is 1110. The summed E-state index contributed by atoms with van der Waals surface area (Å²) in [6.45, 7) is 3.80. The molecule has 10 nitrogen and oxygen atoms in total. The Balaban J connectivity index is 1.17. The molecule has 0 radical (unpaired) electrons. The molecular formula is C31H46N2O8. The zero-order valence-electron chi connectivity index (χ0n) is 24.3. The van der Waals surface area contributed by atoms with Gasteiger partial charge in [0.15, 0.2) is 12.4 Å². The molecule has 0 aromatic rings. The largest absolute Gasteiger partial charge is 0.481 e. The van der Waals surface area contributed by atoms with Crippen molar-refractivity contribution in [3.8, 4) is 0 Å². The van der Waals surface area contributed by atoms with Crippen molar-refractivity contribution in [3.63, 3.8) is 0 Å². The maximum atomic E-state index is 12.6. The molecule has 0 spiro atoms. The Morgan fingerprint density at radius 2 is 1.80 bits per heavy atom. The Kier molecular flexibility index (Phi) is 8.40. The van der Waals surface area contributed by atoms with Gasteiger partial charge in [-0.2, -0.15) is 0 Å². The molecule has 5 aliphatic carbocycles. The van der Waals surface area contributed by atoms with E-state index in [4.69, 9.17) is 9.94 Å². The summed E-state index contributed by atoms with van der Waals surface area (Å²) in [4.78, 5) is 41.4. The Labute approximate surface area is 241 Å². The molecule has 228 valence electrons. The number of oxime groups is 1. The second kappa shape index (κ2) is 11.4. The lowest BCUT2D eigenvalue weighted by atomic mass is 9.45. The lowest BCUT2D eigenvalue weighted by Gasteiger charge is -2.60. The van der Waals surface area contributed by atoms with Gasteiger partial charge in [0.2, 0.25) is 0 Å². The Morgan fingerprint density at radius 3 is 2.49 bits per heavy atom. The highest BCUT2D eigenvalue weighted by Crippen LogP contribution is 2.67. The van der Waals surface area contributed by atoms with E-state index >= 15 is 0 Å². The molecule has 7 atom stereocenters. The zero-order valence-corrected chi connectivity index (χ0v) is 24.3. The van der Waals surface area contributed by atoms with Crippen LogP contribution in [0.5, 0.6) is 0 Å². The summed E-state index contributed by atoms with van der Waals surface area (Å²) in [5.74, 6) is -1.18. The van der Waals surface area contributed by atoms with Crippen LogP contribution >= 0.6 is 0 Å². The van der Waals surface area contributed by atoms with Gasteiger partial charge in [-0.05, 0) is 106 Å². The fourth-order valence-electron chi connectivity index (χ4n) is 9.46. The first-order chi connectivity index (χ1) is 19.4. The number of Topliss-reactive ketones (excluding diaryl/α,β-unsaturated/α-hetero) is 1. The van der Waals surface area contributed by atoms with Gasteiger partial charge in [0.1, 0.15) is 12.2 Å². The van der Waals surface area contributed by atoms with E-state index in [0.29, 0.717) is 45.1 Å². The molecule has 0 bridgehead atoms. The predicted octanol–water partition coefficient (Wildman–Crippen LogP) is 2.59. The minimum atomic E-state index is -1.59. The summed E-state index contributed by atoms with van der Waals surface area (Å²) in [6.07, 6.45) is 8.85. The first-order valence-electron chi connectivity index (χ1n) is 15.4. The number of amides is 1. The first-order valence-corrected chi connectivity index (χ1v) is 15.4. The summed E-state index contributed by atoms with van der Waals surface area (Å²) in [5, 5.41) is 48.7. The van der Waals surface area contributed by atoms with E-state index in [1.807, 2.05) is 6.92 Å². The number of carbonyl (C=O) groups is 3. The van der Waals surface area contributed by atoms with Gasteiger partial charge in [-0.1, -0.05) is 24.6 Å². The smallest absolute Gasteiger partial charge is 0.306 e. The monoisotopic (exact) mass is 574 g/mol. The molecule has 41 heavy (non-hydrogen) atoms. The Hall–Kier alpha value is -2.30. The highest BCUT2D eigenvalue weighted by Gasteiger charge is 2.68. The number of aliphatic carboxylic acids is 1. The van der Waals surface area contributed by atoms with Crippen LogP contribution in [-0.4, -0.2) is 75.3 Å². The molecule has 0 heterocycles. The number of nitrogens with one attached hydrogen (secondary N) is 1. The van der Waals surface area contributed by atoms with E-state index in [1.165, 1.54) is 5.57 Å². The number of fused-ring (bicyclic) bond motifs is 5. The average Bonchev–Trinajstić information content (AvgIpc) is 3.22. The molecule has 1 amide bonds. The van der Waals surface area contributed by atoms with E-state index < -0.39 is 35.5 Å². The number of hydrogen-bond donors (Lipinski definition) is 5. The van der Waals surface area contributed by atoms with Gasteiger partial charge in [0.05, 0.1) is 17.7 Å². The third kappa shape index (κ3) is 5.25. The summed E-state index contributed by atoms with van der Waals surface area (Å²) >= 11 is 0. The van der Waals surface area contributed by atoms with Crippen LogP contribution < -0.4 is 5.32 Å². The number of hydrogen-bond acceptors (Lipinski definition) is 8. The van der Waals surface area contributed by atoms with Crippen molar-refractivity contribution in [2.75, 3.05) is 19.8 Å². The first kappa shape index (κ1) is 30.2. The van der Waals surface area contributed by atoms with Crippen molar-refractivity contribution in [1.29, 1.82) is 0 Å². The van der Waals surface area contributed by atoms with E-state index in [9.17, 15) is 29.7 Å². The predicted molar refractivity (Wildman–Crippen MR) is 150 cm³/mol. The number of carboxylic acid groups (broad SMARTS) is 1. The van der Waals surface area contributed by atoms with Crippen LogP contribution in [0.1, 0.15) is 84.5 Å². The minimum Gasteiger partial charge on any atom is -0.481 e. The standard InChI is InChI=1S/C31H46N2O8/c1-29-11-9-21(33-41-17-26(37)32-15-18-3-5-19(6-4-18)28(38)39)13-20(29)7-8-22-23-10-12-31(40,25(36)16-34)30(23,2)14-24(35)27(22)29/h13,18-19,22-24,27,34-35,40H,3-12,14-17H2,1-2H3,(H,32,37)(H,38,39)/b33-21-/t18?,19?,22-,23-,24-,27-,29+,30+,31+/m1/s1. The number of ketones is 1. The normalized spacial score (nSPS) is 42.9. The second-order valence-electron chi connectivity index (χ2n) is 13.8. The molecule has 5 N–H and O–H groups in total. The van der Waals surface area contributed by atoms with Crippen molar-refractivity contribution in [2.45, 2.75) is 96.2 Å². The zero-order chi connectivity index (χ0) is 29.6. The fourth-order valence-corrected chi connectivity index (χ4v) is 9.46. The van der Waals surface area contributed by atoms with E-state index in [-0.39, 0.29) is 47.5 Å². The van der Waals surface area contributed by atoms with E-state index in [0.717, 1.165) is 37.8 Å². The molecule has 5 aliphatic rings. The molecule has 4 saturated carbocycles. The summed E-state index contributed by atoms with van der Waals surface area (Å²) in [7, 11) is 0. The molecule has 0 aromatic heterocycles. The number of nitrogens with zero attached hydrogens (tertiary/aromatic N) is 1. The summed E-state index contributed by atoms with van der Waals surface area (Å²) in [5.41, 5.74) is -0.545. The summed E-state index contributed by atoms with van der Waals surface area (Å²) < 4.78 is 0. The molecular weight excluding hydrogens is 528 g/mol. The molecule has 4 fully saturated rings. The summed E-state index contributed by atoms with van der Waals surface area (Å²) in [6, 6.07) is 0. The van der Waals surface area contributed by atoms with Crippen molar-refractivity contribution in [1.82, 2.24) is 5.32 Å². The highest BCUT2D eigenvalue weighted by molar-refractivity contribution is 5.96. The number of carboxylic acids is 1.